The Morgan fingerprint density at radius 2 is 1.57 bits per heavy atom. The van der Waals surface area contributed by atoms with Crippen molar-refractivity contribution in [3.63, 3.8) is 0 Å². The fourth-order valence-corrected chi connectivity index (χ4v) is 4.79. The Morgan fingerprint density at radius 1 is 1.00 bits per heavy atom. The van der Waals surface area contributed by atoms with Gasteiger partial charge in [0.05, 0.1) is 5.92 Å². The minimum atomic E-state index is -0.430. The molecule has 0 spiro atoms. The van der Waals surface area contributed by atoms with E-state index in [0.29, 0.717) is 6.41 Å². The zero-order valence-electron chi connectivity index (χ0n) is 18.4. The molecular formula is C25H33N3O2. The Morgan fingerprint density at radius 3 is 2.13 bits per heavy atom. The minimum Gasteiger partial charge on any atom is -0.358 e. The molecule has 5 heteroatoms. The lowest BCUT2D eigenvalue weighted by molar-refractivity contribution is -0.123. The average molecular weight is 408 g/mol. The van der Waals surface area contributed by atoms with Crippen molar-refractivity contribution in [2.75, 3.05) is 6.54 Å². The lowest BCUT2D eigenvalue weighted by atomic mass is 9.79. The lowest BCUT2D eigenvalue weighted by Crippen LogP contribution is -2.62. The third-order valence-electron chi connectivity index (χ3n) is 5.68. The molecule has 160 valence electrons. The predicted molar refractivity (Wildman–Crippen MR) is 121 cm³/mol. The quantitative estimate of drug-likeness (QED) is 0.614. The molecule has 0 bridgehead atoms. The standard InChI is InChI=1S/C25H33N3O2/c1-24(2)14-21(15-25(3,4)28-24)27-23(30)22(16-26-17-29)20-12-10-19(11-13-20)18-8-6-5-7-9-18/h5-13,17,21-22,28H,14-16H2,1-4H3,(H,26,29)(H,27,30). The monoisotopic (exact) mass is 407 g/mol. The van der Waals surface area contributed by atoms with Crippen LogP contribution in [0.15, 0.2) is 54.6 Å². The Bertz CT molecular complexity index is 844. The zero-order valence-corrected chi connectivity index (χ0v) is 18.4. The molecule has 2 amide bonds. The molecule has 1 heterocycles. The van der Waals surface area contributed by atoms with Crippen molar-refractivity contribution in [1.82, 2.24) is 16.0 Å². The van der Waals surface area contributed by atoms with Gasteiger partial charge in [-0.05, 0) is 57.2 Å². The van der Waals surface area contributed by atoms with E-state index >= 15 is 0 Å². The number of hydrogen-bond acceptors (Lipinski definition) is 3. The van der Waals surface area contributed by atoms with Crippen LogP contribution < -0.4 is 16.0 Å². The maximum Gasteiger partial charge on any atom is 0.229 e. The highest BCUT2D eigenvalue weighted by Gasteiger charge is 2.38. The van der Waals surface area contributed by atoms with E-state index in [-0.39, 0.29) is 29.6 Å². The van der Waals surface area contributed by atoms with Gasteiger partial charge < -0.3 is 16.0 Å². The third kappa shape index (κ3) is 5.70. The second kappa shape index (κ2) is 9.00. The first-order chi connectivity index (χ1) is 14.2. The van der Waals surface area contributed by atoms with Gasteiger partial charge in [0.1, 0.15) is 0 Å². The molecule has 5 nitrogen and oxygen atoms in total. The van der Waals surface area contributed by atoms with Gasteiger partial charge in [-0.25, -0.2) is 0 Å². The summed E-state index contributed by atoms with van der Waals surface area (Å²) >= 11 is 0. The molecule has 0 aromatic heterocycles. The highest BCUT2D eigenvalue weighted by atomic mass is 16.2. The molecule has 3 rings (SSSR count). The highest BCUT2D eigenvalue weighted by molar-refractivity contribution is 5.84. The van der Waals surface area contributed by atoms with E-state index in [4.69, 9.17) is 0 Å². The van der Waals surface area contributed by atoms with Crippen molar-refractivity contribution in [2.45, 2.75) is 63.6 Å². The van der Waals surface area contributed by atoms with E-state index in [1.807, 2.05) is 42.5 Å². The zero-order chi connectivity index (χ0) is 21.8. The summed E-state index contributed by atoms with van der Waals surface area (Å²) in [5, 5.41) is 9.58. The van der Waals surface area contributed by atoms with Crippen LogP contribution in [0.5, 0.6) is 0 Å². The van der Waals surface area contributed by atoms with Gasteiger partial charge in [0.2, 0.25) is 12.3 Å². The molecule has 3 N–H and O–H groups in total. The number of carbonyl (C=O) groups excluding carboxylic acids is 2. The van der Waals surface area contributed by atoms with Gasteiger partial charge >= 0.3 is 0 Å². The first kappa shape index (κ1) is 22.0. The molecule has 0 radical (unpaired) electrons. The van der Waals surface area contributed by atoms with Gasteiger partial charge in [0.25, 0.3) is 0 Å². The number of nitrogens with one attached hydrogen (secondary N) is 3. The summed E-state index contributed by atoms with van der Waals surface area (Å²) in [6.07, 6.45) is 2.38. The number of hydrogen-bond donors (Lipinski definition) is 3. The molecule has 1 unspecified atom stereocenters. The molecule has 2 aromatic rings. The number of benzene rings is 2. The molecule has 1 atom stereocenters. The van der Waals surface area contributed by atoms with Crippen molar-refractivity contribution in [3.05, 3.63) is 60.2 Å². The first-order valence-corrected chi connectivity index (χ1v) is 10.6. The smallest absolute Gasteiger partial charge is 0.229 e. The average Bonchev–Trinajstić information content (AvgIpc) is 2.67. The maximum absolute atomic E-state index is 13.2. The first-order valence-electron chi connectivity index (χ1n) is 10.6. The van der Waals surface area contributed by atoms with Crippen molar-refractivity contribution in [3.8, 4) is 11.1 Å². The van der Waals surface area contributed by atoms with E-state index in [1.54, 1.807) is 0 Å². The van der Waals surface area contributed by atoms with Crippen LogP contribution in [0.3, 0.4) is 0 Å². The Kier molecular flexibility index (Phi) is 6.61. The van der Waals surface area contributed by atoms with Crippen molar-refractivity contribution < 1.29 is 9.59 Å². The Hall–Kier alpha value is -2.66. The summed E-state index contributed by atoms with van der Waals surface area (Å²) < 4.78 is 0. The summed E-state index contributed by atoms with van der Waals surface area (Å²) in [5.74, 6) is -0.476. The predicted octanol–water partition coefficient (Wildman–Crippen LogP) is 3.61. The largest absolute Gasteiger partial charge is 0.358 e. The molecule has 1 aliphatic heterocycles. The van der Waals surface area contributed by atoms with E-state index in [2.05, 4.69) is 55.8 Å². The van der Waals surface area contributed by atoms with Gasteiger partial charge in [-0.15, -0.1) is 0 Å². The van der Waals surface area contributed by atoms with Crippen LogP contribution in [-0.2, 0) is 9.59 Å². The maximum atomic E-state index is 13.2. The van der Waals surface area contributed by atoms with Gasteiger partial charge in [-0.2, -0.15) is 0 Å². The summed E-state index contributed by atoms with van der Waals surface area (Å²) in [5.41, 5.74) is 3.04. The van der Waals surface area contributed by atoms with Crippen molar-refractivity contribution in [2.24, 2.45) is 0 Å². The molecule has 1 aliphatic rings. The molecule has 0 saturated carbocycles. The molecule has 1 saturated heterocycles. The van der Waals surface area contributed by atoms with Gasteiger partial charge in [-0.1, -0.05) is 54.6 Å². The van der Waals surface area contributed by atoms with Crippen LogP contribution in [0, 0.1) is 0 Å². The normalized spacial score (nSPS) is 18.9. The summed E-state index contributed by atoms with van der Waals surface area (Å²) in [4.78, 5) is 24.1. The summed E-state index contributed by atoms with van der Waals surface area (Å²) in [6.45, 7) is 8.95. The van der Waals surface area contributed by atoms with Crippen LogP contribution >= 0.6 is 0 Å². The number of carbonyl (C=O) groups is 2. The van der Waals surface area contributed by atoms with Crippen LogP contribution in [0.1, 0.15) is 52.0 Å². The number of rotatable bonds is 7. The highest BCUT2D eigenvalue weighted by Crippen LogP contribution is 2.29. The SMILES string of the molecule is CC1(C)CC(NC(=O)C(CNC=O)c2ccc(-c3ccccc3)cc2)CC(C)(C)N1. The summed E-state index contributed by atoms with van der Waals surface area (Å²) in [7, 11) is 0. The van der Waals surface area contributed by atoms with Gasteiger partial charge in [-0.3, -0.25) is 9.59 Å². The Balaban J connectivity index is 1.76. The van der Waals surface area contributed by atoms with Crippen LogP contribution in [0.25, 0.3) is 11.1 Å². The molecule has 30 heavy (non-hydrogen) atoms. The molecule has 0 aliphatic carbocycles. The molecule has 1 fully saturated rings. The third-order valence-corrected chi connectivity index (χ3v) is 5.68. The second-order valence-electron chi connectivity index (χ2n) is 9.57. The topological polar surface area (TPSA) is 70.2 Å². The van der Waals surface area contributed by atoms with E-state index in [0.717, 1.165) is 29.5 Å². The number of piperidine rings is 1. The fraction of sp³-hybridized carbons (Fsp3) is 0.440. The van der Waals surface area contributed by atoms with Crippen LogP contribution in [-0.4, -0.2) is 36.0 Å². The molecule has 2 aromatic carbocycles. The van der Waals surface area contributed by atoms with Gasteiger partial charge in [0.15, 0.2) is 0 Å². The van der Waals surface area contributed by atoms with Crippen LogP contribution in [0.2, 0.25) is 0 Å². The van der Waals surface area contributed by atoms with Crippen molar-refractivity contribution >= 4 is 12.3 Å². The van der Waals surface area contributed by atoms with Crippen molar-refractivity contribution in [1.29, 1.82) is 0 Å². The second-order valence-corrected chi connectivity index (χ2v) is 9.57. The van der Waals surface area contributed by atoms with E-state index < -0.39 is 5.92 Å². The lowest BCUT2D eigenvalue weighted by Gasteiger charge is -2.46. The fourth-order valence-electron chi connectivity index (χ4n) is 4.79. The Labute approximate surface area is 179 Å². The van der Waals surface area contributed by atoms with Gasteiger partial charge in [0, 0.05) is 23.7 Å². The number of amides is 2. The summed E-state index contributed by atoms with van der Waals surface area (Å²) in [6, 6.07) is 18.3. The van der Waals surface area contributed by atoms with E-state index in [9.17, 15) is 9.59 Å². The molecular weight excluding hydrogens is 374 g/mol. The van der Waals surface area contributed by atoms with E-state index in [1.165, 1.54) is 0 Å². The van der Waals surface area contributed by atoms with Crippen LogP contribution in [0.4, 0.5) is 0 Å². The minimum absolute atomic E-state index is 0.0460.